The Bertz CT molecular complexity index is 445. The molecule has 1 rings (SSSR count). The Kier molecular flexibility index (Phi) is 5.79. The molecule has 0 bridgehead atoms. The van der Waals surface area contributed by atoms with Crippen molar-refractivity contribution in [1.29, 1.82) is 0 Å². The monoisotopic (exact) mass is 266 g/mol. The van der Waals surface area contributed by atoms with Crippen LogP contribution in [0.4, 0.5) is 0 Å². The number of hydrazine groups is 1. The molecule has 1 amide bonds. The Morgan fingerprint density at radius 2 is 1.95 bits per heavy atom. The van der Waals surface area contributed by atoms with E-state index < -0.39 is 0 Å². The Hall–Kier alpha value is -1.59. The number of ether oxygens (including phenoxy) is 2. The van der Waals surface area contributed by atoms with Gasteiger partial charge in [-0.05, 0) is 36.6 Å². The second kappa shape index (κ2) is 7.11. The fourth-order valence-electron chi connectivity index (χ4n) is 1.76. The summed E-state index contributed by atoms with van der Waals surface area (Å²) in [7, 11) is 5.17. The highest BCUT2D eigenvalue weighted by Crippen LogP contribution is 2.24. The lowest BCUT2D eigenvalue weighted by molar-refractivity contribution is -0.129. The zero-order valence-corrected chi connectivity index (χ0v) is 12.2. The molecule has 1 aromatic carbocycles. The predicted molar refractivity (Wildman–Crippen MR) is 74.0 cm³/mol. The Labute approximate surface area is 114 Å². The molecule has 106 valence electrons. The van der Waals surface area contributed by atoms with Crippen LogP contribution in [0, 0.1) is 13.8 Å². The molecule has 0 aliphatic rings. The summed E-state index contributed by atoms with van der Waals surface area (Å²) < 4.78 is 10.7. The first-order chi connectivity index (χ1) is 8.95. The number of carbonyl (C=O) groups is 1. The second-order valence-corrected chi connectivity index (χ2v) is 4.60. The van der Waals surface area contributed by atoms with E-state index in [1.165, 1.54) is 0 Å². The highest BCUT2D eigenvalue weighted by molar-refractivity contribution is 5.76. The first-order valence-corrected chi connectivity index (χ1v) is 6.13. The van der Waals surface area contributed by atoms with E-state index >= 15 is 0 Å². The maximum atomic E-state index is 11.4. The smallest absolute Gasteiger partial charge is 0.260 e. The van der Waals surface area contributed by atoms with Crippen LogP contribution in [0.15, 0.2) is 12.1 Å². The summed E-state index contributed by atoms with van der Waals surface area (Å²) in [6, 6.07) is 3.88. The lowest BCUT2D eigenvalue weighted by Crippen LogP contribution is -2.38. The van der Waals surface area contributed by atoms with Crippen LogP contribution in [0.1, 0.15) is 16.7 Å². The minimum Gasteiger partial charge on any atom is -0.496 e. The highest BCUT2D eigenvalue weighted by Gasteiger charge is 2.08. The Morgan fingerprint density at radius 1 is 1.26 bits per heavy atom. The van der Waals surface area contributed by atoms with Crippen molar-refractivity contribution < 1.29 is 14.3 Å². The second-order valence-electron chi connectivity index (χ2n) is 4.60. The molecule has 0 unspecified atom stereocenters. The fraction of sp³-hybridized carbons (Fsp3) is 0.500. The van der Waals surface area contributed by atoms with E-state index in [1.54, 1.807) is 26.2 Å². The molecule has 0 fully saturated rings. The van der Waals surface area contributed by atoms with Crippen molar-refractivity contribution in [3.8, 4) is 5.75 Å². The van der Waals surface area contributed by atoms with Crippen molar-refractivity contribution in [2.45, 2.75) is 20.5 Å². The standard InChI is InChI=1S/C14H22N2O3/c1-10-11(2)13(18-5)7-6-12(10)8-19-9-14(17)15-16(3)4/h6-7H,8-9H2,1-5H3,(H,15,17). The molecule has 0 saturated heterocycles. The van der Waals surface area contributed by atoms with Gasteiger partial charge in [-0.2, -0.15) is 0 Å². The molecule has 0 heterocycles. The summed E-state index contributed by atoms with van der Waals surface area (Å²) in [4.78, 5) is 11.4. The van der Waals surface area contributed by atoms with Crippen molar-refractivity contribution in [2.24, 2.45) is 0 Å². The summed E-state index contributed by atoms with van der Waals surface area (Å²) in [6.45, 7) is 4.49. The summed E-state index contributed by atoms with van der Waals surface area (Å²) >= 11 is 0. The van der Waals surface area contributed by atoms with E-state index in [-0.39, 0.29) is 12.5 Å². The summed E-state index contributed by atoms with van der Waals surface area (Å²) in [5.41, 5.74) is 5.92. The van der Waals surface area contributed by atoms with Gasteiger partial charge in [0.1, 0.15) is 12.4 Å². The lowest BCUT2D eigenvalue weighted by Gasteiger charge is -2.14. The van der Waals surface area contributed by atoms with E-state index in [0.717, 1.165) is 22.4 Å². The number of nitrogens with zero attached hydrogens (tertiary/aromatic N) is 1. The van der Waals surface area contributed by atoms with Gasteiger partial charge in [-0.1, -0.05) is 6.07 Å². The van der Waals surface area contributed by atoms with Gasteiger partial charge >= 0.3 is 0 Å². The van der Waals surface area contributed by atoms with E-state index in [1.807, 2.05) is 26.0 Å². The van der Waals surface area contributed by atoms with Gasteiger partial charge in [0.05, 0.1) is 13.7 Å². The third kappa shape index (κ3) is 4.54. The van der Waals surface area contributed by atoms with Crippen LogP contribution in [0.25, 0.3) is 0 Å². The van der Waals surface area contributed by atoms with E-state index in [9.17, 15) is 4.79 Å². The number of amides is 1. The molecule has 0 atom stereocenters. The van der Waals surface area contributed by atoms with Gasteiger partial charge in [0.15, 0.2) is 0 Å². The fourth-order valence-corrected chi connectivity index (χ4v) is 1.76. The maximum absolute atomic E-state index is 11.4. The molecule has 0 saturated carbocycles. The lowest BCUT2D eigenvalue weighted by atomic mass is 10.0. The van der Waals surface area contributed by atoms with E-state index in [4.69, 9.17) is 9.47 Å². The van der Waals surface area contributed by atoms with Crippen LogP contribution in [0.5, 0.6) is 5.75 Å². The van der Waals surface area contributed by atoms with Gasteiger partial charge in [0, 0.05) is 14.1 Å². The topological polar surface area (TPSA) is 50.8 Å². The largest absolute Gasteiger partial charge is 0.496 e. The van der Waals surface area contributed by atoms with Crippen molar-refractivity contribution in [1.82, 2.24) is 10.4 Å². The van der Waals surface area contributed by atoms with Crippen LogP contribution < -0.4 is 10.2 Å². The van der Waals surface area contributed by atoms with Gasteiger partial charge in [-0.15, -0.1) is 0 Å². The van der Waals surface area contributed by atoms with Gasteiger partial charge < -0.3 is 9.47 Å². The predicted octanol–water partition coefficient (Wildman–Crippen LogP) is 1.42. The third-order valence-electron chi connectivity index (χ3n) is 2.91. The van der Waals surface area contributed by atoms with Crippen LogP contribution in [-0.2, 0) is 16.1 Å². The molecular formula is C14H22N2O3. The van der Waals surface area contributed by atoms with Crippen molar-refractivity contribution in [3.05, 3.63) is 28.8 Å². The van der Waals surface area contributed by atoms with Gasteiger partial charge in [0.25, 0.3) is 5.91 Å². The van der Waals surface area contributed by atoms with Crippen molar-refractivity contribution in [2.75, 3.05) is 27.8 Å². The van der Waals surface area contributed by atoms with E-state index in [0.29, 0.717) is 6.61 Å². The summed E-state index contributed by atoms with van der Waals surface area (Å²) in [5.74, 6) is 0.708. The number of carbonyl (C=O) groups excluding carboxylic acids is 1. The average molecular weight is 266 g/mol. The molecule has 0 spiro atoms. The Balaban J connectivity index is 2.55. The zero-order chi connectivity index (χ0) is 14.4. The molecular weight excluding hydrogens is 244 g/mol. The number of hydrogen-bond acceptors (Lipinski definition) is 4. The molecule has 5 nitrogen and oxygen atoms in total. The van der Waals surface area contributed by atoms with Crippen LogP contribution in [0.2, 0.25) is 0 Å². The maximum Gasteiger partial charge on any atom is 0.260 e. The minimum atomic E-state index is -0.159. The van der Waals surface area contributed by atoms with Crippen molar-refractivity contribution in [3.63, 3.8) is 0 Å². The summed E-state index contributed by atoms with van der Waals surface area (Å²) in [5, 5.41) is 1.59. The quantitative estimate of drug-likeness (QED) is 0.791. The van der Waals surface area contributed by atoms with Gasteiger partial charge in [-0.3, -0.25) is 10.2 Å². The number of benzene rings is 1. The third-order valence-corrected chi connectivity index (χ3v) is 2.91. The number of methoxy groups -OCH3 is 1. The first-order valence-electron chi connectivity index (χ1n) is 6.13. The molecule has 5 heteroatoms. The normalized spacial score (nSPS) is 10.6. The van der Waals surface area contributed by atoms with Gasteiger partial charge in [0.2, 0.25) is 0 Å². The van der Waals surface area contributed by atoms with Crippen LogP contribution in [-0.4, -0.2) is 38.7 Å². The average Bonchev–Trinajstić information content (AvgIpc) is 2.34. The first kappa shape index (κ1) is 15.5. The summed E-state index contributed by atoms with van der Waals surface area (Å²) in [6.07, 6.45) is 0. The zero-order valence-electron chi connectivity index (χ0n) is 12.2. The number of hydrogen-bond donors (Lipinski definition) is 1. The molecule has 0 radical (unpaired) electrons. The molecule has 19 heavy (non-hydrogen) atoms. The Morgan fingerprint density at radius 3 is 2.53 bits per heavy atom. The van der Waals surface area contributed by atoms with Gasteiger partial charge in [-0.25, -0.2) is 5.01 Å². The SMILES string of the molecule is COc1ccc(COCC(=O)NN(C)C)c(C)c1C. The molecule has 0 aromatic heterocycles. The molecule has 0 aliphatic heterocycles. The molecule has 1 N–H and O–H groups in total. The highest BCUT2D eigenvalue weighted by atomic mass is 16.5. The molecule has 1 aromatic rings. The van der Waals surface area contributed by atoms with Crippen LogP contribution >= 0.6 is 0 Å². The number of nitrogens with one attached hydrogen (secondary N) is 1. The van der Waals surface area contributed by atoms with Crippen molar-refractivity contribution >= 4 is 5.91 Å². The van der Waals surface area contributed by atoms with Crippen LogP contribution in [0.3, 0.4) is 0 Å². The van der Waals surface area contributed by atoms with E-state index in [2.05, 4.69) is 5.43 Å². The number of rotatable bonds is 6. The minimum absolute atomic E-state index is 0.0443. The molecule has 0 aliphatic carbocycles.